The Bertz CT molecular complexity index is 1080. The molecule has 2 aromatic rings. The van der Waals surface area contributed by atoms with E-state index in [0.717, 1.165) is 24.0 Å². The zero-order valence-corrected chi connectivity index (χ0v) is 17.0. The molecule has 5 rings (SSSR count). The maximum Gasteiger partial charge on any atom is 0.242 e. The minimum atomic E-state index is -0.317. The molecule has 0 bridgehead atoms. The van der Waals surface area contributed by atoms with Gasteiger partial charge in [-0.2, -0.15) is 0 Å². The predicted molar refractivity (Wildman–Crippen MR) is 112 cm³/mol. The Hall–Kier alpha value is -3.17. The topological polar surface area (TPSA) is 60.9 Å². The largest absolute Gasteiger partial charge is 0.394 e. The second kappa shape index (κ2) is 7.82. The molecule has 1 N–H and O–H groups in total. The molecule has 1 aliphatic carbocycles. The summed E-state index contributed by atoms with van der Waals surface area (Å²) in [6.07, 6.45) is 1.83. The number of benzene rings is 2. The molecule has 5 nitrogen and oxygen atoms in total. The molecule has 158 valence electrons. The molecule has 3 aliphatic rings. The highest BCUT2D eigenvalue weighted by atomic mass is 19.1. The van der Waals surface area contributed by atoms with Gasteiger partial charge in [0, 0.05) is 29.5 Å². The molecule has 2 aliphatic heterocycles. The first-order valence-corrected chi connectivity index (χ1v) is 10.6. The van der Waals surface area contributed by atoms with E-state index in [9.17, 15) is 19.1 Å². The molecular formula is C25H23FN2O3. The second-order valence-electron chi connectivity index (χ2n) is 8.52. The maximum absolute atomic E-state index is 13.3. The fourth-order valence-corrected chi connectivity index (χ4v) is 4.76. The number of carbonyl (C=O) groups excluding carboxylic acids is 2. The van der Waals surface area contributed by atoms with Crippen molar-refractivity contribution in [1.29, 1.82) is 0 Å². The Morgan fingerprint density at radius 1 is 1.10 bits per heavy atom. The Labute approximate surface area is 180 Å². The number of aliphatic hydroxyl groups excluding tert-OH is 1. The second-order valence-corrected chi connectivity index (χ2v) is 8.52. The van der Waals surface area contributed by atoms with Gasteiger partial charge in [0.15, 0.2) is 0 Å². The molecule has 2 aromatic carbocycles. The van der Waals surface area contributed by atoms with Gasteiger partial charge in [0.2, 0.25) is 11.8 Å². The van der Waals surface area contributed by atoms with E-state index in [1.54, 1.807) is 21.9 Å². The number of amides is 2. The molecule has 2 heterocycles. The standard InChI is InChI=1S/C25H23FN2O3/c26-20-3-1-2-17(12-20)5-4-16-6-8-18(9-7-16)24-21-13-27(25(31)19-10-11-19)14-23(30)28(21)22(24)15-29/h1-3,6-9,12,19,21-22,24,29H,10-11,13-15H2/t21-,22-,24-/m0/s1. The van der Waals surface area contributed by atoms with Gasteiger partial charge >= 0.3 is 0 Å². The van der Waals surface area contributed by atoms with Gasteiger partial charge in [-0.15, -0.1) is 0 Å². The molecule has 2 amide bonds. The Morgan fingerprint density at radius 2 is 1.84 bits per heavy atom. The van der Waals surface area contributed by atoms with Gasteiger partial charge in [0.05, 0.1) is 25.2 Å². The number of hydrogen-bond acceptors (Lipinski definition) is 3. The van der Waals surface area contributed by atoms with Crippen LogP contribution >= 0.6 is 0 Å². The first kappa shape index (κ1) is 19.8. The van der Waals surface area contributed by atoms with E-state index in [4.69, 9.17) is 0 Å². The summed E-state index contributed by atoms with van der Waals surface area (Å²) in [5, 5.41) is 9.91. The fraction of sp³-hybridized carbons (Fsp3) is 0.360. The number of carbonyl (C=O) groups is 2. The average molecular weight is 418 g/mol. The highest BCUT2D eigenvalue weighted by Crippen LogP contribution is 2.43. The number of aliphatic hydroxyl groups is 1. The van der Waals surface area contributed by atoms with Crippen LogP contribution in [0.4, 0.5) is 4.39 Å². The summed E-state index contributed by atoms with van der Waals surface area (Å²) in [6.45, 7) is 0.525. The van der Waals surface area contributed by atoms with Gasteiger partial charge in [-0.1, -0.05) is 30.0 Å². The summed E-state index contributed by atoms with van der Waals surface area (Å²) < 4.78 is 13.3. The Morgan fingerprint density at radius 3 is 2.52 bits per heavy atom. The van der Waals surface area contributed by atoms with Crippen molar-refractivity contribution in [2.45, 2.75) is 30.8 Å². The molecule has 2 saturated heterocycles. The van der Waals surface area contributed by atoms with Crippen LogP contribution in [0, 0.1) is 23.6 Å². The molecular weight excluding hydrogens is 395 g/mol. The van der Waals surface area contributed by atoms with Crippen molar-refractivity contribution in [2.75, 3.05) is 19.7 Å². The van der Waals surface area contributed by atoms with Crippen molar-refractivity contribution in [2.24, 2.45) is 5.92 Å². The number of halogens is 1. The molecule has 3 fully saturated rings. The first-order valence-electron chi connectivity index (χ1n) is 10.6. The van der Waals surface area contributed by atoms with Crippen molar-refractivity contribution < 1.29 is 19.1 Å². The van der Waals surface area contributed by atoms with Crippen LogP contribution in [-0.2, 0) is 9.59 Å². The lowest BCUT2D eigenvalue weighted by Gasteiger charge is -2.58. The van der Waals surface area contributed by atoms with Crippen molar-refractivity contribution >= 4 is 11.8 Å². The highest BCUT2D eigenvalue weighted by Gasteiger charge is 2.55. The number of rotatable bonds is 3. The van der Waals surface area contributed by atoms with Crippen LogP contribution in [-0.4, -0.2) is 58.5 Å². The number of piperazine rings is 1. The Kier molecular flexibility index (Phi) is 4.99. The lowest BCUT2D eigenvalue weighted by Crippen LogP contribution is -2.73. The number of nitrogens with zero attached hydrogens (tertiary/aromatic N) is 2. The van der Waals surface area contributed by atoms with Gasteiger partial charge in [-0.3, -0.25) is 9.59 Å². The van der Waals surface area contributed by atoms with Crippen LogP contribution in [0.15, 0.2) is 48.5 Å². The van der Waals surface area contributed by atoms with Gasteiger partial charge < -0.3 is 14.9 Å². The van der Waals surface area contributed by atoms with E-state index in [1.807, 2.05) is 24.3 Å². The first-order chi connectivity index (χ1) is 15.0. The molecule has 1 saturated carbocycles. The Balaban J connectivity index is 1.34. The van der Waals surface area contributed by atoms with Gasteiger partial charge in [-0.25, -0.2) is 4.39 Å². The van der Waals surface area contributed by atoms with Crippen molar-refractivity contribution in [3.05, 3.63) is 71.0 Å². The minimum absolute atomic E-state index is 0.0195. The van der Waals surface area contributed by atoms with Crippen LogP contribution in [0.1, 0.15) is 35.4 Å². The average Bonchev–Trinajstić information content (AvgIpc) is 3.59. The lowest BCUT2D eigenvalue weighted by atomic mass is 9.73. The molecule has 0 aromatic heterocycles. The van der Waals surface area contributed by atoms with Gasteiger partial charge in [-0.05, 0) is 48.7 Å². The molecule has 0 spiro atoms. The minimum Gasteiger partial charge on any atom is -0.394 e. The van der Waals surface area contributed by atoms with Gasteiger partial charge in [0.1, 0.15) is 5.82 Å². The van der Waals surface area contributed by atoms with Crippen LogP contribution in [0.25, 0.3) is 0 Å². The van der Waals surface area contributed by atoms with Gasteiger partial charge in [0.25, 0.3) is 0 Å². The monoisotopic (exact) mass is 418 g/mol. The van der Waals surface area contributed by atoms with E-state index in [2.05, 4.69) is 11.8 Å². The fourth-order valence-electron chi connectivity index (χ4n) is 4.76. The summed E-state index contributed by atoms with van der Waals surface area (Å²) in [4.78, 5) is 28.6. The van der Waals surface area contributed by atoms with Crippen LogP contribution < -0.4 is 0 Å². The summed E-state index contributed by atoms with van der Waals surface area (Å²) in [6, 6.07) is 13.5. The highest BCUT2D eigenvalue weighted by molar-refractivity contribution is 5.89. The third-order valence-corrected chi connectivity index (χ3v) is 6.46. The number of hydrogen-bond donors (Lipinski definition) is 1. The summed E-state index contributed by atoms with van der Waals surface area (Å²) in [5.74, 6) is 5.74. The third-order valence-electron chi connectivity index (χ3n) is 6.46. The number of fused-ring (bicyclic) bond motifs is 1. The van der Waals surface area contributed by atoms with Crippen LogP contribution in [0.5, 0.6) is 0 Å². The maximum atomic E-state index is 13.3. The zero-order chi connectivity index (χ0) is 21.5. The predicted octanol–water partition coefficient (Wildman–Crippen LogP) is 2.13. The zero-order valence-electron chi connectivity index (χ0n) is 17.0. The lowest BCUT2D eigenvalue weighted by molar-refractivity contribution is -0.167. The van der Waals surface area contributed by atoms with Crippen molar-refractivity contribution in [1.82, 2.24) is 9.80 Å². The SMILES string of the molecule is O=C(C1CC1)N1CC(=O)N2[C@@H](CO)[C@@H](c3ccc(C#Cc4cccc(F)c4)cc3)[C@@H]2C1. The van der Waals surface area contributed by atoms with E-state index in [-0.39, 0.29) is 54.7 Å². The summed E-state index contributed by atoms with van der Waals surface area (Å²) in [5.41, 5.74) is 2.43. The van der Waals surface area contributed by atoms with E-state index in [0.29, 0.717) is 12.1 Å². The summed E-state index contributed by atoms with van der Waals surface area (Å²) >= 11 is 0. The molecule has 31 heavy (non-hydrogen) atoms. The smallest absolute Gasteiger partial charge is 0.242 e. The van der Waals surface area contributed by atoms with Crippen LogP contribution in [0.3, 0.4) is 0 Å². The quantitative estimate of drug-likeness (QED) is 0.777. The normalized spacial score (nSPS) is 24.7. The van der Waals surface area contributed by atoms with E-state index < -0.39 is 0 Å². The molecule has 0 unspecified atom stereocenters. The molecule has 3 atom stereocenters. The van der Waals surface area contributed by atoms with E-state index >= 15 is 0 Å². The third kappa shape index (κ3) is 3.70. The van der Waals surface area contributed by atoms with Crippen LogP contribution in [0.2, 0.25) is 0 Å². The van der Waals surface area contributed by atoms with E-state index in [1.165, 1.54) is 12.1 Å². The van der Waals surface area contributed by atoms with Crippen molar-refractivity contribution in [3.8, 4) is 11.8 Å². The molecule has 6 heteroatoms. The van der Waals surface area contributed by atoms with Crippen molar-refractivity contribution in [3.63, 3.8) is 0 Å². The summed E-state index contributed by atoms with van der Waals surface area (Å²) in [7, 11) is 0. The molecule has 0 radical (unpaired) electrons.